The fraction of sp³-hybridized carbons (Fsp3) is 0.300. The molecular weight excluding hydrogens is 336 g/mol. The average Bonchev–Trinajstić information content (AvgIpc) is 2.58. The minimum absolute atomic E-state index is 0.109. The highest BCUT2D eigenvalue weighted by atomic mass is 35.5. The zero-order valence-electron chi connectivity index (χ0n) is 14.7. The van der Waals surface area contributed by atoms with Gasteiger partial charge in [0.2, 0.25) is 11.8 Å². The fourth-order valence-corrected chi connectivity index (χ4v) is 2.91. The molecule has 0 heterocycles. The quantitative estimate of drug-likeness (QED) is 0.757. The average molecular weight is 359 g/mol. The Balaban J connectivity index is 2.28. The van der Waals surface area contributed by atoms with Crippen LogP contribution in [0.5, 0.6) is 0 Å². The van der Waals surface area contributed by atoms with Gasteiger partial charge in [-0.2, -0.15) is 0 Å². The lowest BCUT2D eigenvalue weighted by molar-refractivity contribution is -0.118. The monoisotopic (exact) mass is 358 g/mol. The Hall–Kier alpha value is -2.33. The topological polar surface area (TPSA) is 58.2 Å². The highest BCUT2D eigenvalue weighted by molar-refractivity contribution is 6.34. The van der Waals surface area contributed by atoms with E-state index in [0.29, 0.717) is 16.4 Å². The summed E-state index contributed by atoms with van der Waals surface area (Å²) in [5.41, 5.74) is 2.05. The van der Waals surface area contributed by atoms with Gasteiger partial charge in [0.1, 0.15) is 0 Å². The van der Waals surface area contributed by atoms with Gasteiger partial charge in [0.25, 0.3) is 0 Å². The zero-order valence-corrected chi connectivity index (χ0v) is 15.4. The molecule has 2 amide bonds. The molecule has 0 saturated heterocycles. The van der Waals surface area contributed by atoms with Crippen LogP contribution in [0.1, 0.15) is 38.7 Å². The number of carbonyl (C=O) groups excluding carboxylic acids is 2. The van der Waals surface area contributed by atoms with Crippen LogP contribution in [-0.4, -0.2) is 11.8 Å². The second kappa shape index (κ2) is 8.67. The number of hydrogen-bond acceptors (Lipinski definition) is 2. The summed E-state index contributed by atoms with van der Waals surface area (Å²) in [7, 11) is 0. The second-order valence-corrected chi connectivity index (χ2v) is 6.55. The molecule has 0 aromatic heterocycles. The SMILES string of the molecule is CCC(C)C(C(=O)Nc1cc(NC(C)=O)ccc1Cl)c1ccccc1. The third-order valence-electron chi connectivity index (χ3n) is 4.20. The van der Waals surface area contributed by atoms with E-state index in [9.17, 15) is 9.59 Å². The van der Waals surface area contributed by atoms with Crippen LogP contribution in [0.2, 0.25) is 5.02 Å². The fourth-order valence-electron chi connectivity index (χ4n) is 2.75. The third kappa shape index (κ3) is 5.07. The van der Waals surface area contributed by atoms with Gasteiger partial charge in [-0.15, -0.1) is 0 Å². The van der Waals surface area contributed by atoms with Crippen LogP contribution in [0.25, 0.3) is 0 Å². The van der Waals surface area contributed by atoms with Crippen LogP contribution in [0, 0.1) is 5.92 Å². The summed E-state index contributed by atoms with van der Waals surface area (Å²) in [5, 5.41) is 6.04. The van der Waals surface area contributed by atoms with Crippen molar-refractivity contribution in [2.24, 2.45) is 5.92 Å². The van der Waals surface area contributed by atoms with E-state index in [1.165, 1.54) is 6.92 Å². The lowest BCUT2D eigenvalue weighted by Gasteiger charge is -2.23. The highest BCUT2D eigenvalue weighted by Gasteiger charge is 2.26. The number of amides is 2. The molecule has 0 aliphatic heterocycles. The lowest BCUT2D eigenvalue weighted by atomic mass is 9.85. The van der Waals surface area contributed by atoms with Gasteiger partial charge in [0, 0.05) is 12.6 Å². The summed E-state index contributed by atoms with van der Waals surface area (Å²) < 4.78 is 0. The number of nitrogens with one attached hydrogen (secondary N) is 2. The molecule has 2 atom stereocenters. The Morgan fingerprint density at radius 1 is 1.08 bits per heavy atom. The van der Waals surface area contributed by atoms with E-state index in [1.54, 1.807) is 18.2 Å². The van der Waals surface area contributed by atoms with E-state index in [2.05, 4.69) is 24.5 Å². The maximum absolute atomic E-state index is 12.9. The van der Waals surface area contributed by atoms with Gasteiger partial charge in [-0.3, -0.25) is 9.59 Å². The summed E-state index contributed by atoms with van der Waals surface area (Å²) in [6.07, 6.45) is 0.882. The summed E-state index contributed by atoms with van der Waals surface area (Å²) in [5.74, 6) is -0.379. The predicted octanol–water partition coefficient (Wildman–Crippen LogP) is 5.07. The molecular formula is C20H23ClN2O2. The van der Waals surface area contributed by atoms with Gasteiger partial charge in [0.05, 0.1) is 16.6 Å². The third-order valence-corrected chi connectivity index (χ3v) is 4.53. The zero-order chi connectivity index (χ0) is 18.4. The largest absolute Gasteiger partial charge is 0.326 e. The molecule has 0 bridgehead atoms. The summed E-state index contributed by atoms with van der Waals surface area (Å²) in [6.45, 7) is 5.56. The number of hydrogen-bond donors (Lipinski definition) is 2. The van der Waals surface area contributed by atoms with Crippen LogP contribution in [0.3, 0.4) is 0 Å². The minimum Gasteiger partial charge on any atom is -0.326 e. The second-order valence-electron chi connectivity index (χ2n) is 6.14. The minimum atomic E-state index is -0.272. The van der Waals surface area contributed by atoms with Gasteiger partial charge in [-0.25, -0.2) is 0 Å². The number of carbonyl (C=O) groups is 2. The molecule has 5 heteroatoms. The van der Waals surface area contributed by atoms with Crippen molar-refractivity contribution in [2.75, 3.05) is 10.6 Å². The number of rotatable bonds is 6. The Labute approximate surface area is 153 Å². The Morgan fingerprint density at radius 2 is 1.76 bits per heavy atom. The van der Waals surface area contributed by atoms with Gasteiger partial charge in [-0.1, -0.05) is 62.2 Å². The first-order valence-electron chi connectivity index (χ1n) is 8.35. The molecule has 0 saturated carbocycles. The van der Waals surface area contributed by atoms with Crippen LogP contribution >= 0.6 is 11.6 Å². The summed E-state index contributed by atoms with van der Waals surface area (Å²) >= 11 is 6.21. The maximum Gasteiger partial charge on any atom is 0.232 e. The number of halogens is 1. The molecule has 0 radical (unpaired) electrons. The summed E-state index contributed by atoms with van der Waals surface area (Å²) in [4.78, 5) is 24.2. The first kappa shape index (κ1) is 19.0. The van der Waals surface area contributed by atoms with E-state index < -0.39 is 0 Å². The van der Waals surface area contributed by atoms with E-state index in [-0.39, 0.29) is 23.7 Å². The molecule has 0 fully saturated rings. The van der Waals surface area contributed by atoms with Crippen molar-refractivity contribution in [2.45, 2.75) is 33.1 Å². The van der Waals surface area contributed by atoms with Gasteiger partial charge >= 0.3 is 0 Å². The number of benzene rings is 2. The van der Waals surface area contributed by atoms with Gasteiger partial charge < -0.3 is 10.6 Å². The summed E-state index contributed by atoms with van der Waals surface area (Å²) in [6, 6.07) is 14.7. The van der Waals surface area contributed by atoms with Gasteiger partial charge in [-0.05, 0) is 29.7 Å². The van der Waals surface area contributed by atoms with Crippen molar-refractivity contribution in [1.29, 1.82) is 0 Å². The smallest absolute Gasteiger partial charge is 0.232 e. The van der Waals surface area contributed by atoms with Crippen molar-refractivity contribution < 1.29 is 9.59 Å². The molecule has 2 aromatic rings. The first-order valence-corrected chi connectivity index (χ1v) is 8.73. The van der Waals surface area contributed by atoms with Crippen molar-refractivity contribution in [3.8, 4) is 0 Å². The van der Waals surface area contributed by atoms with Crippen molar-refractivity contribution in [1.82, 2.24) is 0 Å². The van der Waals surface area contributed by atoms with Crippen LogP contribution in [-0.2, 0) is 9.59 Å². The predicted molar refractivity (Wildman–Crippen MR) is 103 cm³/mol. The molecule has 0 aliphatic carbocycles. The molecule has 2 aromatic carbocycles. The highest BCUT2D eigenvalue weighted by Crippen LogP contribution is 2.31. The van der Waals surface area contributed by atoms with E-state index in [0.717, 1.165) is 12.0 Å². The van der Waals surface area contributed by atoms with E-state index in [4.69, 9.17) is 11.6 Å². The Bertz CT molecular complexity index is 747. The normalized spacial score (nSPS) is 13.0. The van der Waals surface area contributed by atoms with Gasteiger partial charge in [0.15, 0.2) is 0 Å². The molecule has 0 spiro atoms. The Morgan fingerprint density at radius 3 is 2.36 bits per heavy atom. The van der Waals surface area contributed by atoms with Crippen molar-refractivity contribution in [3.63, 3.8) is 0 Å². The lowest BCUT2D eigenvalue weighted by Crippen LogP contribution is -2.26. The standard InChI is InChI=1S/C20H23ClN2O2/c1-4-13(2)19(15-8-6-5-7-9-15)20(25)23-18-12-16(22-14(3)24)10-11-17(18)21/h5-13,19H,4H2,1-3H3,(H,22,24)(H,23,25). The molecule has 2 N–H and O–H groups in total. The van der Waals surface area contributed by atoms with Crippen LogP contribution < -0.4 is 10.6 Å². The molecule has 25 heavy (non-hydrogen) atoms. The molecule has 4 nitrogen and oxygen atoms in total. The Kier molecular flexibility index (Phi) is 6.59. The van der Waals surface area contributed by atoms with Crippen LogP contribution in [0.15, 0.2) is 48.5 Å². The molecule has 0 aliphatic rings. The van der Waals surface area contributed by atoms with Crippen molar-refractivity contribution >= 4 is 34.8 Å². The molecule has 132 valence electrons. The maximum atomic E-state index is 12.9. The van der Waals surface area contributed by atoms with E-state index in [1.807, 2.05) is 30.3 Å². The first-order chi connectivity index (χ1) is 11.9. The van der Waals surface area contributed by atoms with Crippen LogP contribution in [0.4, 0.5) is 11.4 Å². The van der Waals surface area contributed by atoms with E-state index >= 15 is 0 Å². The molecule has 2 rings (SSSR count). The molecule has 2 unspecified atom stereocenters. The number of anilines is 2. The van der Waals surface area contributed by atoms with Crippen molar-refractivity contribution in [3.05, 3.63) is 59.1 Å².